The summed E-state index contributed by atoms with van der Waals surface area (Å²) in [6.07, 6.45) is 2.99. The molecule has 0 aliphatic rings. The highest BCUT2D eigenvalue weighted by Gasteiger charge is 2.33. The molecular weight excluding hydrogens is 224 g/mol. The molecule has 0 saturated heterocycles. The Morgan fingerprint density at radius 3 is 2.24 bits per heavy atom. The van der Waals surface area contributed by atoms with Crippen LogP contribution in [0.3, 0.4) is 0 Å². The average Bonchev–Trinajstić information content (AvgIpc) is 2.32. The minimum absolute atomic E-state index is 0.0513. The highest BCUT2D eigenvalue weighted by molar-refractivity contribution is 5.49. The first-order valence-electron chi connectivity index (χ1n) is 5.99. The second kappa shape index (κ2) is 9.27. The van der Waals surface area contributed by atoms with Crippen molar-refractivity contribution in [2.45, 2.75) is 56.7 Å². The predicted octanol–water partition coefficient (Wildman–Crippen LogP) is 0.199. The van der Waals surface area contributed by atoms with E-state index in [-0.39, 0.29) is 25.9 Å². The Kier molecular flexibility index (Phi) is 8.85. The van der Waals surface area contributed by atoms with E-state index in [1.807, 2.05) is 0 Å². The molecule has 2 unspecified atom stereocenters. The van der Waals surface area contributed by atoms with Crippen LogP contribution in [0.4, 0.5) is 0 Å². The molecule has 0 aliphatic carbocycles. The van der Waals surface area contributed by atoms with Gasteiger partial charge in [-0.05, 0) is 19.3 Å². The summed E-state index contributed by atoms with van der Waals surface area (Å²) >= 11 is 0. The summed E-state index contributed by atoms with van der Waals surface area (Å²) < 4.78 is 0. The van der Waals surface area contributed by atoms with Gasteiger partial charge < -0.3 is 24.9 Å². The van der Waals surface area contributed by atoms with Gasteiger partial charge in [-0.15, -0.1) is 0 Å². The Hall–Kier alpha value is -0.780. The number of carbonyl (C=O) groups is 2. The Morgan fingerprint density at radius 2 is 1.71 bits per heavy atom. The number of rotatable bonds is 11. The lowest BCUT2D eigenvalue weighted by atomic mass is 9.85. The second-order valence-electron chi connectivity index (χ2n) is 4.25. The zero-order valence-electron chi connectivity index (χ0n) is 10.0. The minimum atomic E-state index is -1.41. The van der Waals surface area contributed by atoms with Gasteiger partial charge >= 0.3 is 0 Å². The average molecular weight is 246 g/mol. The van der Waals surface area contributed by atoms with E-state index in [9.17, 15) is 19.8 Å². The number of hydrogen-bond acceptors (Lipinski definition) is 5. The van der Waals surface area contributed by atoms with E-state index in [1.165, 1.54) is 0 Å². The van der Waals surface area contributed by atoms with E-state index in [2.05, 4.69) is 0 Å². The van der Waals surface area contributed by atoms with Crippen LogP contribution in [0.15, 0.2) is 0 Å². The highest BCUT2D eigenvalue weighted by atomic mass is 16.3. The summed E-state index contributed by atoms with van der Waals surface area (Å²) in [4.78, 5) is 20.4. The van der Waals surface area contributed by atoms with Crippen molar-refractivity contribution in [3.8, 4) is 0 Å². The molecular formula is C12H22O5. The molecule has 0 heterocycles. The van der Waals surface area contributed by atoms with Crippen LogP contribution in [0, 0.1) is 0 Å². The quantitative estimate of drug-likeness (QED) is 0.357. The molecule has 0 radical (unpaired) electrons. The maximum absolute atomic E-state index is 10.3. The summed E-state index contributed by atoms with van der Waals surface area (Å²) in [5.41, 5.74) is -1.41. The van der Waals surface area contributed by atoms with Crippen LogP contribution in [-0.4, -0.2) is 46.2 Å². The van der Waals surface area contributed by atoms with E-state index < -0.39 is 11.7 Å². The summed E-state index contributed by atoms with van der Waals surface area (Å²) in [7, 11) is 0. The summed E-state index contributed by atoms with van der Waals surface area (Å²) in [5.74, 6) is 0. The molecule has 5 nitrogen and oxygen atoms in total. The van der Waals surface area contributed by atoms with E-state index in [1.54, 1.807) is 0 Å². The largest absolute Gasteiger partial charge is 0.396 e. The lowest BCUT2D eigenvalue weighted by molar-refractivity contribution is -0.115. The summed E-state index contributed by atoms with van der Waals surface area (Å²) in [5, 5.41) is 28.8. The number of carbonyl (C=O) groups excluding carboxylic acids is 2. The third-order valence-electron chi connectivity index (χ3n) is 2.91. The van der Waals surface area contributed by atoms with Crippen LogP contribution >= 0.6 is 0 Å². The molecule has 0 aromatic carbocycles. The number of aliphatic hydroxyl groups is 3. The first kappa shape index (κ1) is 16.2. The first-order valence-corrected chi connectivity index (χ1v) is 5.99. The van der Waals surface area contributed by atoms with Gasteiger partial charge in [0, 0.05) is 25.9 Å². The van der Waals surface area contributed by atoms with E-state index >= 15 is 0 Å². The maximum atomic E-state index is 10.3. The van der Waals surface area contributed by atoms with E-state index in [4.69, 9.17) is 5.11 Å². The second-order valence-corrected chi connectivity index (χ2v) is 4.25. The lowest BCUT2D eigenvalue weighted by Gasteiger charge is -2.32. The molecule has 100 valence electrons. The molecule has 2 atom stereocenters. The third-order valence-corrected chi connectivity index (χ3v) is 2.91. The normalized spacial score (nSPS) is 16.2. The van der Waals surface area contributed by atoms with Crippen LogP contribution in [0.25, 0.3) is 0 Å². The smallest absolute Gasteiger partial charge is 0.120 e. The van der Waals surface area contributed by atoms with E-state index in [0.717, 1.165) is 6.29 Å². The zero-order chi connectivity index (χ0) is 13.1. The molecule has 0 amide bonds. The molecule has 0 aliphatic heterocycles. The van der Waals surface area contributed by atoms with Crippen molar-refractivity contribution in [2.75, 3.05) is 6.61 Å². The third kappa shape index (κ3) is 6.51. The lowest BCUT2D eigenvalue weighted by Crippen LogP contribution is -2.43. The minimum Gasteiger partial charge on any atom is -0.396 e. The van der Waals surface area contributed by atoms with Crippen molar-refractivity contribution in [2.24, 2.45) is 0 Å². The van der Waals surface area contributed by atoms with Crippen molar-refractivity contribution >= 4 is 12.6 Å². The van der Waals surface area contributed by atoms with Crippen molar-refractivity contribution < 1.29 is 24.9 Å². The van der Waals surface area contributed by atoms with Gasteiger partial charge in [-0.1, -0.05) is 6.42 Å². The Labute approximate surface area is 101 Å². The van der Waals surface area contributed by atoms with Gasteiger partial charge in [0.25, 0.3) is 0 Å². The molecule has 0 spiro atoms. The van der Waals surface area contributed by atoms with Gasteiger partial charge in [0.1, 0.15) is 12.6 Å². The standard InChI is InChI=1S/C12H22O5/c13-8-3-1-2-5-11(16)12(17,7-10-15)6-4-9-14/h8-9,11,15-17H,1-7,10H2. The Balaban J connectivity index is 4.15. The van der Waals surface area contributed by atoms with Crippen molar-refractivity contribution in [1.29, 1.82) is 0 Å². The van der Waals surface area contributed by atoms with Gasteiger partial charge in [-0.2, -0.15) is 0 Å². The monoisotopic (exact) mass is 246 g/mol. The number of aliphatic hydroxyl groups excluding tert-OH is 2. The van der Waals surface area contributed by atoms with E-state index in [0.29, 0.717) is 32.0 Å². The predicted molar refractivity (Wildman–Crippen MR) is 62.5 cm³/mol. The van der Waals surface area contributed by atoms with Crippen molar-refractivity contribution in [1.82, 2.24) is 0 Å². The van der Waals surface area contributed by atoms with Crippen LogP contribution in [0.2, 0.25) is 0 Å². The fraction of sp³-hybridized carbons (Fsp3) is 0.833. The van der Waals surface area contributed by atoms with Crippen molar-refractivity contribution in [3.05, 3.63) is 0 Å². The SMILES string of the molecule is O=CCCCCC(O)C(O)(CCO)CCC=O. The molecule has 0 aromatic heterocycles. The summed E-state index contributed by atoms with van der Waals surface area (Å²) in [6, 6.07) is 0. The molecule has 0 aromatic rings. The highest BCUT2D eigenvalue weighted by Crippen LogP contribution is 2.25. The molecule has 0 saturated carbocycles. The van der Waals surface area contributed by atoms with Gasteiger partial charge in [-0.25, -0.2) is 0 Å². The fourth-order valence-electron chi connectivity index (χ4n) is 1.79. The van der Waals surface area contributed by atoms with Crippen LogP contribution in [0.5, 0.6) is 0 Å². The topological polar surface area (TPSA) is 94.8 Å². The van der Waals surface area contributed by atoms with Gasteiger partial charge in [0.2, 0.25) is 0 Å². The summed E-state index contributed by atoms with van der Waals surface area (Å²) in [6.45, 7) is -0.235. The molecule has 5 heteroatoms. The first-order chi connectivity index (χ1) is 8.10. The fourth-order valence-corrected chi connectivity index (χ4v) is 1.79. The van der Waals surface area contributed by atoms with Gasteiger partial charge in [0.15, 0.2) is 0 Å². The van der Waals surface area contributed by atoms with Gasteiger partial charge in [-0.3, -0.25) is 0 Å². The molecule has 17 heavy (non-hydrogen) atoms. The van der Waals surface area contributed by atoms with Gasteiger partial charge in [0.05, 0.1) is 11.7 Å². The molecule has 0 fully saturated rings. The Bertz CT molecular complexity index is 219. The Morgan fingerprint density at radius 1 is 1.06 bits per heavy atom. The van der Waals surface area contributed by atoms with Crippen LogP contribution in [-0.2, 0) is 9.59 Å². The molecule has 0 rings (SSSR count). The number of unbranched alkanes of at least 4 members (excludes halogenated alkanes) is 2. The van der Waals surface area contributed by atoms with Crippen LogP contribution < -0.4 is 0 Å². The zero-order valence-corrected chi connectivity index (χ0v) is 10.0. The molecule has 0 bridgehead atoms. The molecule has 3 N–H and O–H groups in total. The number of hydrogen-bond donors (Lipinski definition) is 3. The van der Waals surface area contributed by atoms with Crippen LogP contribution in [0.1, 0.15) is 44.9 Å². The maximum Gasteiger partial charge on any atom is 0.120 e. The van der Waals surface area contributed by atoms with Crippen molar-refractivity contribution in [3.63, 3.8) is 0 Å². The number of aldehydes is 2.